The van der Waals surface area contributed by atoms with Crippen molar-refractivity contribution in [2.75, 3.05) is 0 Å². The maximum atomic E-state index is 12.9. The van der Waals surface area contributed by atoms with E-state index in [2.05, 4.69) is 48.5 Å². The third-order valence-electron chi connectivity index (χ3n) is 12.1. The molecular formula is C28H48O3Si. The fraction of sp³-hybridized carbons (Fsp3) is 0.929. The van der Waals surface area contributed by atoms with Crippen LogP contribution in [-0.4, -0.2) is 26.0 Å². The van der Waals surface area contributed by atoms with Gasteiger partial charge in [0.15, 0.2) is 8.32 Å². The molecule has 0 heterocycles. The average molecular weight is 461 g/mol. The molecule has 0 aliphatic heterocycles. The summed E-state index contributed by atoms with van der Waals surface area (Å²) in [6, 6.07) is 3.63. The minimum Gasteiger partial charge on any atom is -0.411 e. The quantitative estimate of drug-likeness (QED) is 0.315. The van der Waals surface area contributed by atoms with E-state index in [-0.39, 0.29) is 34.2 Å². The lowest BCUT2D eigenvalue weighted by atomic mass is 9.41. The fourth-order valence-corrected chi connectivity index (χ4v) is 12.9. The first kappa shape index (κ1) is 24.6. The van der Waals surface area contributed by atoms with Crippen LogP contribution < -0.4 is 0 Å². The molecule has 0 aromatic rings. The van der Waals surface area contributed by atoms with Crippen molar-refractivity contribution < 1.29 is 14.0 Å². The highest BCUT2D eigenvalue weighted by molar-refractivity contribution is 6.73. The molecule has 0 spiro atoms. The summed E-state index contributed by atoms with van der Waals surface area (Å²) < 4.78 is 7.32. The minimum absolute atomic E-state index is 0.0243. The van der Waals surface area contributed by atoms with E-state index in [1.807, 2.05) is 0 Å². The Labute approximate surface area is 198 Å². The predicted octanol–water partition coefficient (Wildman–Crippen LogP) is 7.05. The molecule has 0 aromatic carbocycles. The van der Waals surface area contributed by atoms with E-state index in [0.717, 1.165) is 12.8 Å². The van der Waals surface area contributed by atoms with Crippen molar-refractivity contribution in [3.05, 3.63) is 0 Å². The van der Waals surface area contributed by atoms with E-state index in [0.29, 0.717) is 30.0 Å². The van der Waals surface area contributed by atoms with Gasteiger partial charge in [0.25, 0.3) is 0 Å². The van der Waals surface area contributed by atoms with Crippen molar-refractivity contribution in [1.29, 1.82) is 0 Å². The Hall–Kier alpha value is -0.483. The van der Waals surface area contributed by atoms with Gasteiger partial charge in [-0.2, -0.15) is 0 Å². The molecule has 4 rings (SSSR count). The molecule has 4 aliphatic carbocycles. The number of rotatable bonds is 6. The second-order valence-electron chi connectivity index (χ2n) is 12.6. The zero-order chi connectivity index (χ0) is 23.5. The highest BCUT2D eigenvalue weighted by Crippen LogP contribution is 2.70. The largest absolute Gasteiger partial charge is 0.411 e. The van der Waals surface area contributed by atoms with Crippen LogP contribution in [0.2, 0.25) is 18.1 Å². The van der Waals surface area contributed by atoms with E-state index in [9.17, 15) is 9.59 Å². The number of ketones is 1. The first-order chi connectivity index (χ1) is 15.1. The van der Waals surface area contributed by atoms with Gasteiger partial charge in [0.05, 0.1) is 5.60 Å². The fourth-order valence-electron chi connectivity index (χ4n) is 9.64. The molecule has 4 saturated carbocycles. The van der Waals surface area contributed by atoms with Gasteiger partial charge in [-0.15, -0.1) is 0 Å². The zero-order valence-corrected chi connectivity index (χ0v) is 22.8. The summed E-state index contributed by atoms with van der Waals surface area (Å²) in [5.74, 6) is 2.61. The second kappa shape index (κ2) is 8.32. The Morgan fingerprint density at radius 1 is 0.938 bits per heavy atom. The summed E-state index contributed by atoms with van der Waals surface area (Å²) in [6.07, 6.45) is 8.93. The Morgan fingerprint density at radius 3 is 2.16 bits per heavy atom. The van der Waals surface area contributed by atoms with Crippen LogP contribution in [0.4, 0.5) is 0 Å². The smallest absolute Gasteiger partial charge is 0.192 e. The maximum absolute atomic E-state index is 12.9. The third-order valence-corrected chi connectivity index (χ3v) is 16.9. The number of aldehydes is 1. The van der Waals surface area contributed by atoms with Crippen LogP contribution in [0.25, 0.3) is 0 Å². The van der Waals surface area contributed by atoms with Gasteiger partial charge >= 0.3 is 0 Å². The summed E-state index contributed by atoms with van der Waals surface area (Å²) in [7, 11) is -1.69. The lowest BCUT2D eigenvalue weighted by Crippen LogP contribution is -2.62. The topological polar surface area (TPSA) is 43.4 Å². The van der Waals surface area contributed by atoms with E-state index < -0.39 is 8.32 Å². The highest BCUT2D eigenvalue weighted by Gasteiger charge is 2.67. The highest BCUT2D eigenvalue weighted by atomic mass is 28.4. The Balaban J connectivity index is 1.67. The predicted molar refractivity (Wildman–Crippen MR) is 133 cm³/mol. The molecule has 4 fully saturated rings. The normalized spacial score (nSPS) is 48.7. The first-order valence-corrected chi connectivity index (χ1v) is 16.3. The lowest BCUT2D eigenvalue weighted by Gasteiger charge is -2.63. The Bertz CT molecular complexity index is 739. The number of fused-ring (bicyclic) bond motifs is 5. The molecular weight excluding hydrogens is 412 g/mol. The molecule has 9 atom stereocenters. The van der Waals surface area contributed by atoms with E-state index in [1.165, 1.54) is 50.1 Å². The van der Waals surface area contributed by atoms with Gasteiger partial charge in [-0.3, -0.25) is 4.79 Å². The maximum Gasteiger partial charge on any atom is 0.192 e. The van der Waals surface area contributed by atoms with Crippen molar-refractivity contribution in [2.45, 2.75) is 117 Å². The number of hydrogen-bond acceptors (Lipinski definition) is 3. The number of hydrogen-bond donors (Lipinski definition) is 0. The standard InChI is InChI=1S/C28H48O3Si/c1-8-32(9-2,10-3)31-27(7)16-14-23-21-11-12-22-20(5)25(30)17-19(4)28(22,18-29)24(21)13-15-26(23,27)6/h18-24H,8-17H2,1-7H3/t19?,20?,21-,22?,23-,24+,26-,27?,28-/m0/s1. The van der Waals surface area contributed by atoms with Crippen LogP contribution in [0.3, 0.4) is 0 Å². The molecule has 4 aliphatic rings. The second-order valence-corrected chi connectivity index (χ2v) is 17.3. The van der Waals surface area contributed by atoms with E-state index in [4.69, 9.17) is 4.43 Å². The van der Waals surface area contributed by atoms with Crippen molar-refractivity contribution in [2.24, 2.45) is 46.3 Å². The third kappa shape index (κ3) is 3.13. The van der Waals surface area contributed by atoms with Gasteiger partial charge in [-0.05, 0) is 98.6 Å². The van der Waals surface area contributed by atoms with E-state index >= 15 is 0 Å². The molecule has 0 N–H and O–H groups in total. The Kier molecular flexibility index (Phi) is 6.41. The Morgan fingerprint density at radius 2 is 1.56 bits per heavy atom. The summed E-state index contributed by atoms with van der Waals surface area (Å²) in [5, 5.41) is 0. The zero-order valence-electron chi connectivity index (χ0n) is 21.8. The van der Waals surface area contributed by atoms with Crippen molar-refractivity contribution in [1.82, 2.24) is 0 Å². The molecule has 0 bridgehead atoms. The summed E-state index contributed by atoms with van der Waals surface area (Å²) in [4.78, 5) is 25.6. The molecule has 0 saturated heterocycles. The first-order valence-electron chi connectivity index (χ1n) is 13.8. The molecule has 4 heteroatoms. The average Bonchev–Trinajstić information content (AvgIpc) is 3.05. The molecule has 0 radical (unpaired) electrons. The van der Waals surface area contributed by atoms with Gasteiger partial charge in [0.2, 0.25) is 0 Å². The van der Waals surface area contributed by atoms with Crippen LogP contribution in [0.1, 0.15) is 93.4 Å². The summed E-state index contributed by atoms with van der Waals surface area (Å²) >= 11 is 0. The molecule has 0 aromatic heterocycles. The number of carbonyl (C=O) groups excluding carboxylic acids is 2. The number of carbonyl (C=O) groups is 2. The molecule has 3 nitrogen and oxygen atoms in total. The van der Waals surface area contributed by atoms with Gasteiger partial charge < -0.3 is 9.22 Å². The number of Topliss-reactive ketones (excluding diaryl/α,β-unsaturated/α-hetero) is 1. The molecule has 0 amide bonds. The van der Waals surface area contributed by atoms with Crippen molar-refractivity contribution >= 4 is 20.4 Å². The van der Waals surface area contributed by atoms with Gasteiger partial charge in [-0.1, -0.05) is 41.5 Å². The van der Waals surface area contributed by atoms with Gasteiger partial charge in [-0.25, -0.2) is 0 Å². The molecule has 182 valence electrons. The summed E-state index contributed by atoms with van der Waals surface area (Å²) in [6.45, 7) is 16.3. The van der Waals surface area contributed by atoms with Crippen molar-refractivity contribution in [3.63, 3.8) is 0 Å². The van der Waals surface area contributed by atoms with Gasteiger partial charge in [0, 0.05) is 17.8 Å². The monoisotopic (exact) mass is 460 g/mol. The van der Waals surface area contributed by atoms with Crippen molar-refractivity contribution in [3.8, 4) is 0 Å². The minimum atomic E-state index is -1.69. The van der Waals surface area contributed by atoms with Gasteiger partial charge in [0.1, 0.15) is 12.1 Å². The van der Waals surface area contributed by atoms with Crippen LogP contribution in [0.5, 0.6) is 0 Å². The van der Waals surface area contributed by atoms with Crippen LogP contribution in [0.15, 0.2) is 0 Å². The molecule has 4 unspecified atom stereocenters. The molecule has 32 heavy (non-hydrogen) atoms. The van der Waals surface area contributed by atoms with Crippen LogP contribution in [0, 0.1) is 46.3 Å². The van der Waals surface area contributed by atoms with Crippen LogP contribution >= 0.6 is 0 Å². The SMILES string of the molecule is CC[Si](CC)(CC)OC1(C)CC[C@H]2[C@@H]3CCC4C(C)C(=O)CC(C)[C@]4(C=O)[C@@H]3CC[C@@]21C. The lowest BCUT2D eigenvalue weighted by molar-refractivity contribution is -0.177. The van der Waals surface area contributed by atoms with E-state index in [1.54, 1.807) is 0 Å². The van der Waals surface area contributed by atoms with Crippen LogP contribution in [-0.2, 0) is 14.0 Å². The summed E-state index contributed by atoms with van der Waals surface area (Å²) in [5.41, 5.74) is -0.0993.